The fourth-order valence-electron chi connectivity index (χ4n) is 9.79. The number of pyridine rings is 1. The fraction of sp³-hybridized carbons (Fsp3) is 0.681. The number of aryl methyl sites for hydroxylation is 1. The van der Waals surface area contributed by atoms with E-state index in [1.165, 1.54) is 11.0 Å². The number of benzene rings is 1. The molecule has 4 aliphatic heterocycles. The van der Waals surface area contributed by atoms with Crippen LogP contribution in [0.1, 0.15) is 123 Å². The van der Waals surface area contributed by atoms with Crippen LogP contribution in [-0.2, 0) is 41.7 Å². The molecule has 362 valence electrons. The molecule has 2 saturated heterocycles. The van der Waals surface area contributed by atoms with Crippen LogP contribution >= 0.6 is 0 Å². The van der Waals surface area contributed by atoms with Gasteiger partial charge in [-0.2, -0.15) is 13.2 Å². The number of alkyl carbamates (subject to hydrolysis) is 1. The molecule has 4 fully saturated rings. The second-order valence-electron chi connectivity index (χ2n) is 19.9. The summed E-state index contributed by atoms with van der Waals surface area (Å²) < 4.78 is 91.3. The van der Waals surface area contributed by atoms with Crippen LogP contribution in [0.2, 0.25) is 0 Å². The van der Waals surface area contributed by atoms with Crippen molar-refractivity contribution in [2.24, 2.45) is 11.8 Å². The molecule has 5 heterocycles. The largest absolute Gasteiger partial charge is 0.490 e. The van der Waals surface area contributed by atoms with Crippen LogP contribution in [0.15, 0.2) is 30.4 Å². The van der Waals surface area contributed by atoms with Crippen molar-refractivity contribution in [3.63, 3.8) is 0 Å². The molecule has 2 saturated carbocycles. The molecule has 6 aliphatic rings. The maximum atomic E-state index is 15.1. The lowest BCUT2D eigenvalue weighted by Crippen LogP contribution is -2.58. The van der Waals surface area contributed by atoms with Crippen molar-refractivity contribution in [3.05, 3.63) is 41.6 Å². The second-order valence-corrected chi connectivity index (χ2v) is 22.1. The third-order valence-electron chi connectivity index (χ3n) is 14.9. The lowest BCUT2D eigenvalue weighted by Gasteiger charge is -2.37. The van der Waals surface area contributed by atoms with E-state index < -0.39 is 91.5 Å². The molecule has 1 aromatic heterocycles. The summed E-state index contributed by atoms with van der Waals surface area (Å²) in [7, 11) is -4.10. The topological polar surface area (TPSA) is 186 Å². The van der Waals surface area contributed by atoms with Crippen molar-refractivity contribution in [2.45, 2.75) is 164 Å². The van der Waals surface area contributed by atoms with Crippen molar-refractivity contribution in [2.75, 3.05) is 26.2 Å². The number of hydrogen-bond donors (Lipinski definition) is 3. The van der Waals surface area contributed by atoms with E-state index in [0.29, 0.717) is 49.7 Å². The number of aromatic nitrogens is 1. The highest BCUT2D eigenvalue weighted by Gasteiger charge is 2.64. The van der Waals surface area contributed by atoms with Crippen molar-refractivity contribution in [1.29, 1.82) is 0 Å². The number of sulfonamides is 1. The summed E-state index contributed by atoms with van der Waals surface area (Å²) in [4.78, 5) is 64.8. The summed E-state index contributed by atoms with van der Waals surface area (Å²) in [5.74, 6) is -2.96. The lowest BCUT2D eigenvalue weighted by atomic mass is 9.87. The SMILES string of the molecule is CCN1CCC(Oc2ccc3nc(C(F)(F)F)c4c(c3c2)CC[C@]2(C[C@H]3C(=O)N[C@]5(C(=O)NS(=O)(=O)C6(C)CC6)C[C@H]5/C=C\CCCCC[C@H](NC(=O)O[C@@H](C)C(C)C)C(=O)N3C2)O4)CC1. The molecule has 15 nitrogen and oxygen atoms in total. The van der Waals surface area contributed by atoms with Gasteiger partial charge in [0.15, 0.2) is 11.4 Å². The highest BCUT2D eigenvalue weighted by atomic mass is 32.2. The number of nitrogens with zero attached hydrogens (tertiary/aromatic N) is 3. The fourth-order valence-corrected chi connectivity index (χ4v) is 11.1. The van der Waals surface area contributed by atoms with E-state index in [2.05, 4.69) is 32.2 Å². The molecule has 0 bridgehead atoms. The Labute approximate surface area is 384 Å². The molecule has 0 unspecified atom stereocenters. The quantitative estimate of drug-likeness (QED) is 0.239. The summed E-state index contributed by atoms with van der Waals surface area (Å²) in [6.45, 7) is 11.5. The van der Waals surface area contributed by atoms with Crippen LogP contribution in [0.5, 0.6) is 11.5 Å². The van der Waals surface area contributed by atoms with Gasteiger partial charge in [-0.25, -0.2) is 18.2 Å². The van der Waals surface area contributed by atoms with Crippen LogP contribution < -0.4 is 24.8 Å². The Kier molecular flexibility index (Phi) is 13.1. The highest BCUT2D eigenvalue weighted by Crippen LogP contribution is 2.51. The number of fused-ring (bicyclic) bond motifs is 5. The van der Waals surface area contributed by atoms with Gasteiger partial charge in [0.2, 0.25) is 21.8 Å². The summed E-state index contributed by atoms with van der Waals surface area (Å²) >= 11 is 0. The molecule has 8 rings (SSSR count). The van der Waals surface area contributed by atoms with Crippen molar-refractivity contribution in [3.8, 4) is 11.5 Å². The van der Waals surface area contributed by atoms with E-state index >= 15 is 13.2 Å². The third kappa shape index (κ3) is 9.70. The van der Waals surface area contributed by atoms with Gasteiger partial charge in [0.05, 0.1) is 16.8 Å². The maximum absolute atomic E-state index is 15.1. The number of alkyl halides is 3. The number of likely N-dealkylation sites (tertiary alicyclic amines) is 1. The van der Waals surface area contributed by atoms with Gasteiger partial charge in [-0.15, -0.1) is 0 Å². The van der Waals surface area contributed by atoms with Crippen LogP contribution in [-0.4, -0.2) is 113 Å². The van der Waals surface area contributed by atoms with Gasteiger partial charge < -0.3 is 34.6 Å². The Bertz CT molecular complexity index is 2370. The van der Waals surface area contributed by atoms with Crippen molar-refractivity contribution in [1.82, 2.24) is 30.1 Å². The molecule has 66 heavy (non-hydrogen) atoms. The number of carbonyl (C=O) groups is 4. The zero-order valence-electron chi connectivity index (χ0n) is 38.4. The van der Waals surface area contributed by atoms with Gasteiger partial charge in [-0.3, -0.25) is 19.1 Å². The molecule has 2 aliphatic carbocycles. The number of allylic oxidation sites excluding steroid dienone is 1. The number of nitrogens with one attached hydrogen (secondary N) is 3. The van der Waals surface area contributed by atoms with Crippen LogP contribution in [0.25, 0.3) is 10.9 Å². The first-order valence-electron chi connectivity index (χ1n) is 23.6. The Balaban J connectivity index is 1.14. The summed E-state index contributed by atoms with van der Waals surface area (Å²) in [6.07, 6.45) is 2.37. The Hall–Kier alpha value is -4.65. The standard InChI is InChI=1S/C47H63F3N6O9S/c1-6-55-22-17-31(18-23-55)64-32-14-15-35-34(24-32)33-16-19-45(65-38(33)39(51-35)47(48,49)50)26-37-40(57)53-46(42(59)54-66(61,62)44(5)20-21-44)25-30(46)12-10-8-7-9-11-13-36(41(58)56(37)27-45)52-43(60)63-29(4)28(2)3/h10,12,14-15,24,28-31,36-37H,6-9,11,13,16-23,25-27H2,1-5H3,(H,52,60)(H,53,57)(H,54,59)/b12-10-/t29-,30+,36-,37-,45+,46+/m0/s1. The van der Waals surface area contributed by atoms with Gasteiger partial charge in [0.25, 0.3) is 5.91 Å². The predicted octanol–water partition coefficient (Wildman–Crippen LogP) is 6.31. The number of hydrogen-bond acceptors (Lipinski definition) is 11. The van der Waals surface area contributed by atoms with Crippen molar-refractivity contribution < 1.29 is 55.0 Å². The molecule has 0 radical (unpaired) electrons. The van der Waals surface area contributed by atoms with Crippen LogP contribution in [0.4, 0.5) is 18.0 Å². The number of ether oxygens (including phenoxy) is 3. The molecule has 19 heteroatoms. The first-order chi connectivity index (χ1) is 31.2. The maximum Gasteiger partial charge on any atom is 0.437 e. The van der Waals surface area contributed by atoms with Gasteiger partial charge in [0.1, 0.15) is 41.2 Å². The van der Waals surface area contributed by atoms with Gasteiger partial charge in [-0.05, 0) is 109 Å². The first kappa shape index (κ1) is 47.8. The average molecular weight is 945 g/mol. The minimum Gasteiger partial charge on any atom is -0.490 e. The molecule has 2 aromatic rings. The zero-order valence-corrected chi connectivity index (χ0v) is 39.2. The molecular formula is C47H63F3N6O9S. The van der Waals surface area contributed by atoms with Gasteiger partial charge >= 0.3 is 12.3 Å². The minimum atomic E-state index is -4.94. The molecule has 1 aromatic carbocycles. The molecular weight excluding hydrogens is 882 g/mol. The second kappa shape index (κ2) is 18.1. The summed E-state index contributed by atoms with van der Waals surface area (Å²) in [5.41, 5.74) is -4.06. The third-order valence-corrected chi connectivity index (χ3v) is 17.0. The Morgan fingerprint density at radius 3 is 2.47 bits per heavy atom. The summed E-state index contributed by atoms with van der Waals surface area (Å²) in [5, 5.41) is 5.98. The van der Waals surface area contributed by atoms with E-state index in [4.69, 9.17) is 14.2 Å². The number of rotatable bonds is 9. The number of amides is 4. The van der Waals surface area contributed by atoms with E-state index in [1.807, 2.05) is 19.9 Å². The highest BCUT2D eigenvalue weighted by molar-refractivity contribution is 7.91. The number of carbonyl (C=O) groups excluding carboxylic acids is 4. The normalized spacial score (nSPS) is 29.3. The predicted molar refractivity (Wildman–Crippen MR) is 238 cm³/mol. The van der Waals surface area contributed by atoms with Gasteiger partial charge in [-0.1, -0.05) is 45.8 Å². The molecule has 6 atom stereocenters. The van der Waals surface area contributed by atoms with Crippen LogP contribution in [0, 0.1) is 11.8 Å². The number of halogens is 3. The van der Waals surface area contributed by atoms with Crippen molar-refractivity contribution >= 4 is 44.7 Å². The summed E-state index contributed by atoms with van der Waals surface area (Å²) in [6, 6.07) is 2.27. The van der Waals surface area contributed by atoms with E-state index in [0.717, 1.165) is 32.5 Å². The molecule has 3 N–H and O–H groups in total. The molecule has 1 spiro atoms. The lowest BCUT2D eigenvalue weighted by molar-refractivity contribution is -0.144. The zero-order chi connectivity index (χ0) is 47.4. The van der Waals surface area contributed by atoms with E-state index in [9.17, 15) is 27.6 Å². The minimum absolute atomic E-state index is 0.0283. The van der Waals surface area contributed by atoms with Gasteiger partial charge in [0, 0.05) is 36.4 Å². The first-order valence-corrected chi connectivity index (χ1v) is 25.1. The number of piperidine rings is 1. The van der Waals surface area contributed by atoms with E-state index in [-0.39, 0.29) is 61.8 Å². The average Bonchev–Trinajstić information content (AvgIpc) is 4.16. The smallest absolute Gasteiger partial charge is 0.437 e. The van der Waals surface area contributed by atoms with Crippen LogP contribution in [0.3, 0.4) is 0 Å². The molecule has 4 amide bonds. The monoisotopic (exact) mass is 944 g/mol. The van der Waals surface area contributed by atoms with E-state index in [1.54, 1.807) is 32.1 Å². The Morgan fingerprint density at radius 1 is 1.05 bits per heavy atom. The Morgan fingerprint density at radius 2 is 1.79 bits per heavy atom.